The van der Waals surface area contributed by atoms with Gasteiger partial charge in [0.2, 0.25) is 0 Å². The van der Waals surface area contributed by atoms with E-state index < -0.39 is 0 Å². The first-order valence-electron chi connectivity index (χ1n) is 6.35. The molecular formula is C16H14N2S. The van der Waals surface area contributed by atoms with Crippen molar-refractivity contribution in [1.82, 2.24) is 0 Å². The normalized spacial score (nSPS) is 17.3. The van der Waals surface area contributed by atoms with Gasteiger partial charge in [0.1, 0.15) is 0 Å². The van der Waals surface area contributed by atoms with Crippen molar-refractivity contribution in [3.8, 4) is 6.07 Å². The predicted octanol–water partition coefficient (Wildman–Crippen LogP) is 4.21. The molecule has 2 nitrogen and oxygen atoms in total. The molecule has 3 rings (SSSR count). The van der Waals surface area contributed by atoms with E-state index in [4.69, 9.17) is 5.26 Å². The van der Waals surface area contributed by atoms with Gasteiger partial charge in [0.05, 0.1) is 17.7 Å². The van der Waals surface area contributed by atoms with Crippen LogP contribution in [-0.2, 0) is 0 Å². The second kappa shape index (κ2) is 5.38. The number of thioether (sulfide) groups is 1. The molecule has 1 aliphatic rings. The lowest BCUT2D eigenvalue weighted by atomic mass is 10.0. The maximum atomic E-state index is 8.94. The first-order valence-corrected chi connectivity index (χ1v) is 7.34. The van der Waals surface area contributed by atoms with Gasteiger partial charge in [-0.15, -0.1) is 11.8 Å². The van der Waals surface area contributed by atoms with Gasteiger partial charge in [-0.3, -0.25) is 0 Å². The van der Waals surface area contributed by atoms with Gasteiger partial charge in [-0.2, -0.15) is 5.26 Å². The fraction of sp³-hybridized carbons (Fsp3) is 0.188. The number of benzene rings is 2. The molecule has 1 aliphatic heterocycles. The molecule has 1 N–H and O–H groups in total. The van der Waals surface area contributed by atoms with Crippen LogP contribution in [0.15, 0.2) is 53.4 Å². The molecule has 0 amide bonds. The van der Waals surface area contributed by atoms with Crippen LogP contribution in [-0.4, -0.2) is 5.75 Å². The Morgan fingerprint density at radius 3 is 2.95 bits per heavy atom. The molecule has 3 heteroatoms. The third kappa shape index (κ3) is 2.59. The summed E-state index contributed by atoms with van der Waals surface area (Å²) >= 11 is 1.92. The zero-order valence-corrected chi connectivity index (χ0v) is 11.3. The highest BCUT2D eigenvalue weighted by molar-refractivity contribution is 7.99. The van der Waals surface area contributed by atoms with Crippen molar-refractivity contribution in [2.75, 3.05) is 11.1 Å². The average Bonchev–Trinajstić information content (AvgIpc) is 2.48. The maximum absolute atomic E-state index is 8.94. The molecule has 0 saturated heterocycles. The van der Waals surface area contributed by atoms with Gasteiger partial charge in [-0.05, 0) is 36.2 Å². The first-order chi connectivity index (χ1) is 9.36. The molecule has 2 aromatic rings. The Morgan fingerprint density at radius 1 is 1.16 bits per heavy atom. The SMILES string of the molecule is N#Cc1cccc(NC2CCSc3ccccc32)c1. The number of nitrogens with zero attached hydrogens (tertiary/aromatic N) is 1. The summed E-state index contributed by atoms with van der Waals surface area (Å²) < 4.78 is 0. The second-order valence-electron chi connectivity index (χ2n) is 4.56. The Labute approximate surface area is 117 Å². The van der Waals surface area contributed by atoms with Crippen LogP contribution in [0.5, 0.6) is 0 Å². The van der Waals surface area contributed by atoms with E-state index in [1.54, 1.807) is 0 Å². The summed E-state index contributed by atoms with van der Waals surface area (Å²) in [7, 11) is 0. The number of nitrogens with one attached hydrogen (secondary N) is 1. The topological polar surface area (TPSA) is 35.8 Å². The smallest absolute Gasteiger partial charge is 0.0992 e. The zero-order valence-electron chi connectivity index (χ0n) is 10.5. The molecule has 94 valence electrons. The van der Waals surface area contributed by atoms with Crippen LogP contribution >= 0.6 is 11.8 Å². The van der Waals surface area contributed by atoms with Crippen LogP contribution in [0, 0.1) is 11.3 Å². The largest absolute Gasteiger partial charge is 0.378 e. The van der Waals surface area contributed by atoms with E-state index in [1.165, 1.54) is 10.5 Å². The van der Waals surface area contributed by atoms with Crippen molar-refractivity contribution in [2.45, 2.75) is 17.4 Å². The van der Waals surface area contributed by atoms with Crippen LogP contribution in [0.25, 0.3) is 0 Å². The zero-order chi connectivity index (χ0) is 13.1. The quantitative estimate of drug-likeness (QED) is 0.884. The molecule has 0 saturated carbocycles. The van der Waals surface area contributed by atoms with Gasteiger partial charge < -0.3 is 5.32 Å². The summed E-state index contributed by atoms with van der Waals surface area (Å²) in [5.74, 6) is 1.13. The summed E-state index contributed by atoms with van der Waals surface area (Å²) in [6.45, 7) is 0. The second-order valence-corrected chi connectivity index (χ2v) is 5.70. The van der Waals surface area contributed by atoms with Crippen molar-refractivity contribution < 1.29 is 0 Å². The molecule has 0 radical (unpaired) electrons. The van der Waals surface area contributed by atoms with Gasteiger partial charge in [0.15, 0.2) is 0 Å². The van der Waals surface area contributed by atoms with E-state index in [-0.39, 0.29) is 0 Å². The molecule has 19 heavy (non-hydrogen) atoms. The predicted molar refractivity (Wildman–Crippen MR) is 79.3 cm³/mol. The van der Waals surface area contributed by atoms with Gasteiger partial charge in [0, 0.05) is 16.3 Å². The maximum Gasteiger partial charge on any atom is 0.0992 e. The minimum Gasteiger partial charge on any atom is -0.378 e. The lowest BCUT2D eigenvalue weighted by Gasteiger charge is -2.26. The highest BCUT2D eigenvalue weighted by Gasteiger charge is 2.19. The van der Waals surface area contributed by atoms with E-state index in [0.717, 1.165) is 17.9 Å². The van der Waals surface area contributed by atoms with Gasteiger partial charge in [-0.1, -0.05) is 24.3 Å². The number of hydrogen-bond acceptors (Lipinski definition) is 3. The molecule has 0 aliphatic carbocycles. The van der Waals surface area contributed by atoms with Crippen LogP contribution in [0.3, 0.4) is 0 Å². The Bertz CT molecular complexity index is 631. The van der Waals surface area contributed by atoms with Crippen molar-refractivity contribution in [3.63, 3.8) is 0 Å². The Hall–Kier alpha value is -1.92. The molecular weight excluding hydrogens is 252 g/mol. The molecule has 0 fully saturated rings. The standard InChI is InChI=1S/C16H14N2S/c17-11-12-4-3-5-13(10-12)18-15-8-9-19-16-7-2-1-6-14(15)16/h1-7,10,15,18H,8-9H2. The molecule has 1 atom stereocenters. The van der Waals surface area contributed by atoms with Crippen molar-refractivity contribution >= 4 is 17.4 Å². The monoisotopic (exact) mass is 266 g/mol. The number of rotatable bonds is 2. The van der Waals surface area contributed by atoms with Crippen LogP contribution in [0.2, 0.25) is 0 Å². The molecule has 2 aromatic carbocycles. The third-order valence-electron chi connectivity index (χ3n) is 3.29. The first kappa shape index (κ1) is 12.1. The number of fused-ring (bicyclic) bond motifs is 1. The Balaban J connectivity index is 1.86. The molecule has 1 unspecified atom stereocenters. The summed E-state index contributed by atoms with van der Waals surface area (Å²) in [6.07, 6.45) is 1.11. The fourth-order valence-corrected chi connectivity index (χ4v) is 3.50. The molecule has 0 aromatic heterocycles. The summed E-state index contributed by atoms with van der Waals surface area (Å²) in [5.41, 5.74) is 3.08. The van der Waals surface area contributed by atoms with Crippen LogP contribution in [0.1, 0.15) is 23.6 Å². The van der Waals surface area contributed by atoms with E-state index in [1.807, 2.05) is 36.0 Å². The molecule has 0 bridgehead atoms. The summed E-state index contributed by atoms with van der Waals surface area (Å²) in [6, 6.07) is 18.7. The lowest BCUT2D eigenvalue weighted by Crippen LogP contribution is -2.15. The van der Waals surface area contributed by atoms with E-state index in [2.05, 4.69) is 35.7 Å². The Morgan fingerprint density at radius 2 is 2.05 bits per heavy atom. The number of anilines is 1. The third-order valence-corrected chi connectivity index (χ3v) is 4.41. The summed E-state index contributed by atoms with van der Waals surface area (Å²) in [4.78, 5) is 1.36. The lowest BCUT2D eigenvalue weighted by molar-refractivity contribution is 0.728. The van der Waals surface area contributed by atoms with E-state index in [0.29, 0.717) is 11.6 Å². The molecule has 1 heterocycles. The van der Waals surface area contributed by atoms with Gasteiger partial charge >= 0.3 is 0 Å². The highest BCUT2D eigenvalue weighted by Crippen LogP contribution is 2.37. The van der Waals surface area contributed by atoms with E-state index in [9.17, 15) is 0 Å². The van der Waals surface area contributed by atoms with Crippen molar-refractivity contribution in [2.24, 2.45) is 0 Å². The average molecular weight is 266 g/mol. The van der Waals surface area contributed by atoms with Crippen LogP contribution < -0.4 is 5.32 Å². The number of nitriles is 1. The van der Waals surface area contributed by atoms with Gasteiger partial charge in [-0.25, -0.2) is 0 Å². The van der Waals surface area contributed by atoms with Crippen LogP contribution in [0.4, 0.5) is 5.69 Å². The van der Waals surface area contributed by atoms with Gasteiger partial charge in [0.25, 0.3) is 0 Å². The Kier molecular flexibility index (Phi) is 3.43. The van der Waals surface area contributed by atoms with Crippen molar-refractivity contribution in [3.05, 3.63) is 59.7 Å². The number of hydrogen-bond donors (Lipinski definition) is 1. The minimum absolute atomic E-state index is 0.339. The minimum atomic E-state index is 0.339. The summed E-state index contributed by atoms with van der Waals surface area (Å²) in [5, 5.41) is 12.5. The fourth-order valence-electron chi connectivity index (χ4n) is 2.37. The van der Waals surface area contributed by atoms with Crippen molar-refractivity contribution in [1.29, 1.82) is 5.26 Å². The molecule has 0 spiro atoms. The van der Waals surface area contributed by atoms with E-state index >= 15 is 0 Å². The highest BCUT2D eigenvalue weighted by atomic mass is 32.2.